The Morgan fingerprint density at radius 3 is 2.45 bits per heavy atom. The zero-order valence-electron chi connectivity index (χ0n) is 16.9. The molecule has 0 aliphatic carbocycles. The lowest BCUT2D eigenvalue weighted by molar-refractivity contribution is -0.132. The predicted molar refractivity (Wildman–Crippen MR) is 125 cm³/mol. The number of carbonyl (C=O) groups excluding carboxylic acids is 2. The van der Waals surface area contributed by atoms with Gasteiger partial charge in [-0.2, -0.15) is 0 Å². The van der Waals surface area contributed by atoms with E-state index in [1.165, 1.54) is 16.2 Å². The van der Waals surface area contributed by atoms with Crippen LogP contribution in [0.4, 0.5) is 5.69 Å². The molecule has 1 aliphatic heterocycles. The highest BCUT2D eigenvalue weighted by Gasteiger charge is 2.47. The van der Waals surface area contributed by atoms with E-state index in [0.29, 0.717) is 17.0 Å². The number of carbonyl (C=O) groups is 2. The highest BCUT2D eigenvalue weighted by Crippen LogP contribution is 2.44. The van der Waals surface area contributed by atoms with E-state index in [1.54, 1.807) is 42.5 Å². The summed E-state index contributed by atoms with van der Waals surface area (Å²) >= 11 is 4.85. The number of hydrogen-bond donors (Lipinski definition) is 1. The number of amides is 1. The van der Waals surface area contributed by atoms with Crippen molar-refractivity contribution in [2.75, 3.05) is 4.90 Å². The minimum absolute atomic E-state index is 0.0220. The van der Waals surface area contributed by atoms with Gasteiger partial charge >= 0.3 is 0 Å². The lowest BCUT2D eigenvalue weighted by Crippen LogP contribution is -2.29. The topological polar surface area (TPSA) is 66.8 Å². The fraction of sp³-hybridized carbons (Fsp3) is 0.167. The van der Waals surface area contributed by atoms with Crippen LogP contribution in [-0.2, 0) is 9.59 Å². The second kappa shape index (κ2) is 8.69. The molecule has 158 valence electrons. The molecule has 0 bridgehead atoms. The average molecular weight is 498 g/mol. The maximum absolute atomic E-state index is 13.1. The number of halogens is 1. The van der Waals surface area contributed by atoms with E-state index >= 15 is 0 Å². The van der Waals surface area contributed by atoms with Gasteiger partial charge in [0.2, 0.25) is 0 Å². The Balaban J connectivity index is 1.83. The van der Waals surface area contributed by atoms with Gasteiger partial charge in [-0.05, 0) is 67.8 Å². The van der Waals surface area contributed by atoms with Crippen molar-refractivity contribution in [2.45, 2.75) is 26.0 Å². The number of benzene rings is 2. The second-order valence-electron chi connectivity index (χ2n) is 7.36. The number of thiophene rings is 1. The van der Waals surface area contributed by atoms with Crippen LogP contribution in [0.5, 0.6) is 5.75 Å². The van der Waals surface area contributed by atoms with Crippen molar-refractivity contribution in [3.63, 3.8) is 0 Å². The molecule has 1 fully saturated rings. The molecule has 0 spiro atoms. The summed E-state index contributed by atoms with van der Waals surface area (Å²) in [5.41, 5.74) is 1.10. The first-order valence-corrected chi connectivity index (χ1v) is 11.4. The van der Waals surface area contributed by atoms with Crippen molar-refractivity contribution in [1.82, 2.24) is 0 Å². The Morgan fingerprint density at radius 2 is 1.84 bits per heavy atom. The smallest absolute Gasteiger partial charge is 0.300 e. The summed E-state index contributed by atoms with van der Waals surface area (Å²) < 4.78 is 6.44. The largest absolute Gasteiger partial charge is 0.507 e. The Labute approximate surface area is 192 Å². The monoisotopic (exact) mass is 497 g/mol. The summed E-state index contributed by atoms with van der Waals surface area (Å²) in [5, 5.41) is 13.0. The van der Waals surface area contributed by atoms with Crippen LogP contribution in [0.1, 0.15) is 30.3 Å². The van der Waals surface area contributed by atoms with E-state index in [1.807, 2.05) is 37.4 Å². The molecule has 1 aromatic heterocycles. The van der Waals surface area contributed by atoms with Crippen LogP contribution < -0.4 is 9.64 Å². The summed E-state index contributed by atoms with van der Waals surface area (Å²) in [5.74, 6) is -0.919. The normalized spacial score (nSPS) is 18.1. The van der Waals surface area contributed by atoms with Crippen molar-refractivity contribution >= 4 is 50.4 Å². The van der Waals surface area contributed by atoms with Gasteiger partial charge in [-0.25, -0.2) is 0 Å². The first kappa shape index (κ1) is 21.3. The molecular formula is C24H20BrNO4S. The average Bonchev–Trinajstić information content (AvgIpc) is 3.35. The minimum Gasteiger partial charge on any atom is -0.507 e. The van der Waals surface area contributed by atoms with Gasteiger partial charge in [0.05, 0.1) is 11.7 Å². The van der Waals surface area contributed by atoms with Crippen LogP contribution in [-0.4, -0.2) is 22.9 Å². The van der Waals surface area contributed by atoms with Crippen LogP contribution in [0.25, 0.3) is 5.76 Å². The Bertz CT molecular complexity index is 1150. The molecule has 2 aromatic carbocycles. The number of nitrogens with zero attached hydrogens (tertiary/aromatic N) is 1. The van der Waals surface area contributed by atoms with Gasteiger partial charge in [0, 0.05) is 20.6 Å². The van der Waals surface area contributed by atoms with Gasteiger partial charge in [0.1, 0.15) is 17.6 Å². The summed E-state index contributed by atoms with van der Waals surface area (Å²) in [7, 11) is 0. The Morgan fingerprint density at radius 1 is 1.10 bits per heavy atom. The zero-order valence-corrected chi connectivity index (χ0v) is 19.3. The fourth-order valence-electron chi connectivity index (χ4n) is 3.56. The van der Waals surface area contributed by atoms with E-state index in [4.69, 9.17) is 4.74 Å². The third-order valence-corrected chi connectivity index (χ3v) is 6.26. The highest BCUT2D eigenvalue weighted by atomic mass is 79.9. The van der Waals surface area contributed by atoms with Gasteiger partial charge < -0.3 is 9.84 Å². The van der Waals surface area contributed by atoms with Crippen molar-refractivity contribution in [3.05, 3.63) is 86.5 Å². The SMILES string of the molecule is CC(C)Oc1ccc(/C(O)=C2/C(=O)C(=O)N(c3cccc(Br)c3)C2c2cccs2)cc1. The van der Waals surface area contributed by atoms with E-state index in [0.717, 1.165) is 9.35 Å². The first-order valence-electron chi connectivity index (χ1n) is 9.74. The van der Waals surface area contributed by atoms with Crippen molar-refractivity contribution in [1.29, 1.82) is 0 Å². The molecule has 0 radical (unpaired) electrons. The van der Waals surface area contributed by atoms with Gasteiger partial charge in [-0.3, -0.25) is 14.5 Å². The lowest BCUT2D eigenvalue weighted by atomic mass is 9.99. The number of anilines is 1. The number of hydrogen-bond acceptors (Lipinski definition) is 5. The third kappa shape index (κ3) is 4.16. The van der Waals surface area contributed by atoms with Crippen LogP contribution >= 0.6 is 27.3 Å². The zero-order chi connectivity index (χ0) is 22.1. The molecule has 1 amide bonds. The number of ether oxygens (including phenoxy) is 1. The number of ketones is 1. The number of aliphatic hydroxyl groups excluding tert-OH is 1. The van der Waals surface area contributed by atoms with Gasteiger partial charge in [-0.15, -0.1) is 11.3 Å². The second-order valence-corrected chi connectivity index (χ2v) is 9.25. The molecule has 1 saturated heterocycles. The molecule has 2 heterocycles. The van der Waals surface area contributed by atoms with Gasteiger partial charge in [0.25, 0.3) is 11.7 Å². The predicted octanol–water partition coefficient (Wildman–Crippen LogP) is 5.92. The van der Waals surface area contributed by atoms with E-state index in [9.17, 15) is 14.7 Å². The number of aliphatic hydroxyl groups is 1. The summed E-state index contributed by atoms with van der Waals surface area (Å²) in [4.78, 5) is 28.3. The molecule has 1 atom stereocenters. The van der Waals surface area contributed by atoms with Crippen molar-refractivity contribution < 1.29 is 19.4 Å². The van der Waals surface area contributed by atoms with Gasteiger partial charge in [0.15, 0.2) is 0 Å². The quantitative estimate of drug-likeness (QED) is 0.269. The van der Waals surface area contributed by atoms with Crippen LogP contribution in [0.3, 0.4) is 0 Å². The van der Waals surface area contributed by atoms with Gasteiger partial charge in [-0.1, -0.05) is 28.1 Å². The molecule has 5 nitrogen and oxygen atoms in total. The molecule has 3 aromatic rings. The molecule has 7 heteroatoms. The van der Waals surface area contributed by atoms with Crippen molar-refractivity contribution in [3.8, 4) is 5.75 Å². The number of Topliss-reactive ketones (excluding diaryl/α,β-unsaturated/α-hetero) is 1. The molecule has 31 heavy (non-hydrogen) atoms. The first-order chi connectivity index (χ1) is 14.9. The molecule has 1 unspecified atom stereocenters. The van der Waals surface area contributed by atoms with E-state index in [2.05, 4.69) is 15.9 Å². The lowest BCUT2D eigenvalue weighted by Gasteiger charge is -2.24. The maximum Gasteiger partial charge on any atom is 0.300 e. The van der Waals surface area contributed by atoms with E-state index in [-0.39, 0.29) is 17.4 Å². The van der Waals surface area contributed by atoms with Crippen LogP contribution in [0, 0.1) is 0 Å². The maximum atomic E-state index is 13.1. The molecule has 1 aliphatic rings. The minimum atomic E-state index is -0.710. The fourth-order valence-corrected chi connectivity index (χ4v) is 4.77. The van der Waals surface area contributed by atoms with Crippen LogP contribution in [0.15, 0.2) is 76.1 Å². The summed E-state index contributed by atoms with van der Waals surface area (Å²) in [6, 6.07) is 17.1. The summed E-state index contributed by atoms with van der Waals surface area (Å²) in [6.45, 7) is 3.86. The molecule has 0 saturated carbocycles. The molecule has 1 N–H and O–H groups in total. The van der Waals surface area contributed by atoms with Crippen LogP contribution in [0.2, 0.25) is 0 Å². The molecular weight excluding hydrogens is 478 g/mol. The van der Waals surface area contributed by atoms with E-state index < -0.39 is 17.7 Å². The number of rotatable bonds is 5. The Kier molecular flexibility index (Phi) is 5.98. The molecule has 4 rings (SSSR count). The highest BCUT2D eigenvalue weighted by molar-refractivity contribution is 9.10. The Hall–Kier alpha value is -2.90. The van der Waals surface area contributed by atoms with Crippen molar-refractivity contribution in [2.24, 2.45) is 0 Å². The third-order valence-electron chi connectivity index (χ3n) is 4.84. The summed E-state index contributed by atoms with van der Waals surface area (Å²) in [6.07, 6.45) is 0.0220. The standard InChI is InChI=1S/C24H20BrNO4S/c1-14(2)30-18-10-8-15(9-11-18)22(27)20-21(19-7-4-12-31-19)26(24(29)23(20)28)17-6-3-5-16(25)13-17/h3-14,21,27H,1-2H3/b22-20-.